The minimum Gasteiger partial charge on any atom is -0.508 e. The zero-order valence-corrected chi connectivity index (χ0v) is 15.2. The van der Waals surface area contributed by atoms with Crippen LogP contribution in [0.2, 0.25) is 0 Å². The number of hydrogen-bond acceptors (Lipinski definition) is 3. The molecule has 0 aromatic heterocycles. The molecule has 2 aromatic rings. The molecule has 1 amide bonds. The number of guanidine groups is 1. The number of hydrogen-bond donors (Lipinski definition) is 4. The Balaban J connectivity index is 1.80. The van der Waals surface area contributed by atoms with E-state index in [0.29, 0.717) is 25.2 Å². The second-order valence-electron chi connectivity index (χ2n) is 5.85. The van der Waals surface area contributed by atoms with Crippen molar-refractivity contribution < 1.29 is 9.90 Å². The van der Waals surface area contributed by atoms with Crippen LogP contribution in [-0.2, 0) is 6.54 Å². The predicted octanol–water partition coefficient (Wildman–Crippen LogP) is 2.19. The van der Waals surface area contributed by atoms with Gasteiger partial charge in [-0.25, -0.2) is 4.99 Å². The largest absolute Gasteiger partial charge is 0.508 e. The summed E-state index contributed by atoms with van der Waals surface area (Å²) in [6, 6.07) is 14.3. The van der Waals surface area contributed by atoms with Gasteiger partial charge in [0.25, 0.3) is 5.91 Å². The number of aromatic hydroxyl groups is 1. The third-order valence-electron chi connectivity index (χ3n) is 3.85. The van der Waals surface area contributed by atoms with E-state index >= 15 is 0 Å². The van der Waals surface area contributed by atoms with Crippen LogP contribution < -0.4 is 16.0 Å². The first-order valence-electron chi connectivity index (χ1n) is 8.74. The van der Waals surface area contributed by atoms with Crippen molar-refractivity contribution in [1.29, 1.82) is 0 Å². The van der Waals surface area contributed by atoms with Crippen molar-refractivity contribution in [1.82, 2.24) is 16.0 Å². The maximum atomic E-state index is 12.0. The van der Waals surface area contributed by atoms with Gasteiger partial charge in [0, 0.05) is 25.2 Å². The molecule has 6 heteroatoms. The number of aliphatic imine (C=N–C) groups is 1. The Morgan fingerprint density at radius 2 is 1.69 bits per heavy atom. The minimum absolute atomic E-state index is 0.142. The topological polar surface area (TPSA) is 85.8 Å². The molecule has 0 aliphatic rings. The second kappa shape index (κ2) is 10.1. The van der Waals surface area contributed by atoms with Gasteiger partial charge in [0.2, 0.25) is 0 Å². The van der Waals surface area contributed by atoms with Crippen molar-refractivity contribution in [3.05, 3.63) is 65.2 Å². The smallest absolute Gasteiger partial charge is 0.251 e. The average molecular weight is 354 g/mol. The highest BCUT2D eigenvalue weighted by Crippen LogP contribution is 2.09. The molecule has 0 saturated heterocycles. The minimum atomic E-state index is -0.173. The lowest BCUT2D eigenvalue weighted by molar-refractivity contribution is 0.0954. The molecule has 26 heavy (non-hydrogen) atoms. The number of phenolic OH excluding ortho intramolecular Hbond substituents is 1. The zero-order valence-electron chi connectivity index (χ0n) is 15.2. The summed E-state index contributed by atoms with van der Waals surface area (Å²) in [5.41, 5.74) is 2.92. The molecule has 0 fully saturated rings. The van der Waals surface area contributed by atoms with Gasteiger partial charge >= 0.3 is 0 Å². The molecule has 0 aliphatic carbocycles. The summed E-state index contributed by atoms with van der Waals surface area (Å²) in [4.78, 5) is 16.6. The molecular formula is C20H26N4O2. The number of aryl methyl sites for hydroxylation is 1. The fourth-order valence-corrected chi connectivity index (χ4v) is 2.37. The summed E-state index contributed by atoms with van der Waals surface area (Å²) in [6.45, 7) is 6.47. The number of nitrogens with one attached hydrogen (secondary N) is 3. The van der Waals surface area contributed by atoms with Crippen LogP contribution in [0.1, 0.15) is 28.4 Å². The van der Waals surface area contributed by atoms with Gasteiger partial charge in [-0.3, -0.25) is 4.79 Å². The number of phenols is 1. The first-order chi connectivity index (χ1) is 12.6. The van der Waals surface area contributed by atoms with E-state index in [1.807, 2.05) is 19.1 Å². The van der Waals surface area contributed by atoms with E-state index in [9.17, 15) is 9.90 Å². The third-order valence-corrected chi connectivity index (χ3v) is 3.85. The average Bonchev–Trinajstić information content (AvgIpc) is 2.64. The summed E-state index contributed by atoms with van der Waals surface area (Å²) in [6.07, 6.45) is 0. The van der Waals surface area contributed by atoms with Crippen molar-refractivity contribution in [2.45, 2.75) is 20.4 Å². The Bertz CT molecular complexity index is 742. The van der Waals surface area contributed by atoms with Crippen molar-refractivity contribution in [2.75, 3.05) is 19.6 Å². The van der Waals surface area contributed by atoms with Gasteiger partial charge in [0.1, 0.15) is 5.75 Å². The van der Waals surface area contributed by atoms with Gasteiger partial charge in [0.05, 0.1) is 6.54 Å². The summed E-state index contributed by atoms with van der Waals surface area (Å²) in [5, 5.41) is 18.5. The second-order valence-corrected chi connectivity index (χ2v) is 5.85. The quantitative estimate of drug-likeness (QED) is 0.349. The van der Waals surface area contributed by atoms with Crippen LogP contribution in [0.15, 0.2) is 53.5 Å². The van der Waals surface area contributed by atoms with Gasteiger partial charge in [-0.2, -0.15) is 0 Å². The van der Waals surface area contributed by atoms with Gasteiger partial charge in [0.15, 0.2) is 5.96 Å². The van der Waals surface area contributed by atoms with Gasteiger partial charge in [-0.05, 0) is 49.2 Å². The maximum absolute atomic E-state index is 12.0. The summed E-state index contributed by atoms with van der Waals surface area (Å²) in [7, 11) is 0. The Morgan fingerprint density at radius 3 is 2.38 bits per heavy atom. The van der Waals surface area contributed by atoms with Crippen LogP contribution >= 0.6 is 0 Å². The van der Waals surface area contributed by atoms with Gasteiger partial charge < -0.3 is 21.1 Å². The zero-order chi connectivity index (χ0) is 18.8. The van der Waals surface area contributed by atoms with Crippen LogP contribution in [0, 0.1) is 6.92 Å². The Hall–Kier alpha value is -3.02. The molecule has 0 aliphatic heterocycles. The standard InChI is InChI=1S/C20H26N4O2/c1-3-21-20(24-14-17-7-5-4-6-15(17)2)23-13-12-22-19(26)16-8-10-18(25)11-9-16/h4-11,25H,3,12-14H2,1-2H3,(H,22,26)(H2,21,23,24). The van der Waals surface area contributed by atoms with E-state index < -0.39 is 0 Å². The molecule has 0 saturated carbocycles. The molecule has 2 rings (SSSR count). The molecule has 4 N–H and O–H groups in total. The van der Waals surface area contributed by atoms with Crippen LogP contribution in [0.3, 0.4) is 0 Å². The van der Waals surface area contributed by atoms with E-state index in [4.69, 9.17) is 0 Å². The van der Waals surface area contributed by atoms with Crippen LogP contribution in [0.4, 0.5) is 0 Å². The van der Waals surface area contributed by atoms with Crippen molar-refractivity contribution in [3.63, 3.8) is 0 Å². The van der Waals surface area contributed by atoms with Crippen molar-refractivity contribution in [2.24, 2.45) is 4.99 Å². The fraction of sp³-hybridized carbons (Fsp3) is 0.300. The monoisotopic (exact) mass is 354 g/mol. The number of amides is 1. The van der Waals surface area contributed by atoms with Gasteiger partial charge in [-0.15, -0.1) is 0 Å². The highest BCUT2D eigenvalue weighted by Gasteiger charge is 2.05. The summed E-state index contributed by atoms with van der Waals surface area (Å²) >= 11 is 0. The number of carbonyl (C=O) groups excluding carboxylic acids is 1. The molecule has 138 valence electrons. The van der Waals surface area contributed by atoms with Gasteiger partial charge in [-0.1, -0.05) is 24.3 Å². The third kappa shape index (κ3) is 6.12. The lowest BCUT2D eigenvalue weighted by Crippen LogP contribution is -2.41. The number of benzene rings is 2. The molecular weight excluding hydrogens is 328 g/mol. The van der Waals surface area contributed by atoms with E-state index in [1.165, 1.54) is 23.3 Å². The van der Waals surface area contributed by atoms with Crippen molar-refractivity contribution >= 4 is 11.9 Å². The maximum Gasteiger partial charge on any atom is 0.251 e. The Kier molecular flexibility index (Phi) is 7.49. The lowest BCUT2D eigenvalue weighted by Gasteiger charge is -2.12. The highest BCUT2D eigenvalue weighted by molar-refractivity contribution is 5.94. The van der Waals surface area contributed by atoms with E-state index in [0.717, 1.165) is 12.5 Å². The SMILES string of the molecule is CCNC(=NCc1ccccc1C)NCCNC(=O)c1ccc(O)cc1. The Morgan fingerprint density at radius 1 is 1.00 bits per heavy atom. The normalized spacial score (nSPS) is 11.1. The highest BCUT2D eigenvalue weighted by atomic mass is 16.3. The van der Waals surface area contributed by atoms with Crippen molar-refractivity contribution in [3.8, 4) is 5.75 Å². The fourth-order valence-electron chi connectivity index (χ4n) is 2.37. The first kappa shape index (κ1) is 19.3. The van der Waals surface area contributed by atoms with Crippen LogP contribution in [-0.4, -0.2) is 36.6 Å². The molecule has 2 aromatic carbocycles. The summed E-state index contributed by atoms with van der Waals surface area (Å²) < 4.78 is 0. The van der Waals surface area contributed by atoms with E-state index in [-0.39, 0.29) is 11.7 Å². The molecule has 0 atom stereocenters. The number of carbonyl (C=O) groups is 1. The molecule has 0 bridgehead atoms. The molecule has 0 heterocycles. The first-order valence-corrected chi connectivity index (χ1v) is 8.74. The number of rotatable bonds is 7. The molecule has 0 unspecified atom stereocenters. The molecule has 0 radical (unpaired) electrons. The molecule has 0 spiro atoms. The lowest BCUT2D eigenvalue weighted by atomic mass is 10.1. The molecule has 6 nitrogen and oxygen atoms in total. The summed E-state index contributed by atoms with van der Waals surface area (Å²) in [5.74, 6) is 0.687. The van der Waals surface area contributed by atoms with E-state index in [2.05, 4.69) is 40.0 Å². The Labute approximate surface area is 154 Å². The predicted molar refractivity (Wildman–Crippen MR) is 104 cm³/mol. The van der Waals surface area contributed by atoms with E-state index in [1.54, 1.807) is 12.1 Å². The van der Waals surface area contributed by atoms with Crippen LogP contribution in [0.25, 0.3) is 0 Å². The van der Waals surface area contributed by atoms with Crippen LogP contribution in [0.5, 0.6) is 5.75 Å². The number of nitrogens with zero attached hydrogens (tertiary/aromatic N) is 1.